The van der Waals surface area contributed by atoms with Crippen LogP contribution in [0.2, 0.25) is 5.02 Å². The second kappa shape index (κ2) is 14.5. The number of sulfonamides is 1. The van der Waals surface area contributed by atoms with E-state index in [4.69, 9.17) is 31.0 Å². The fourth-order valence-electron chi connectivity index (χ4n) is 7.31. The molecule has 0 spiro atoms. The van der Waals surface area contributed by atoms with Crippen LogP contribution in [0.1, 0.15) is 90.2 Å². The van der Waals surface area contributed by atoms with Crippen LogP contribution in [0.25, 0.3) is 21.6 Å². The Kier molecular flexibility index (Phi) is 10.3. The minimum absolute atomic E-state index is 0.120. The molecule has 4 aliphatic rings. The number of methoxy groups -OCH3 is 1. The molecule has 0 bridgehead atoms. The summed E-state index contributed by atoms with van der Waals surface area (Å²) in [6, 6.07) is 4.10. The van der Waals surface area contributed by atoms with E-state index in [-0.39, 0.29) is 43.0 Å². The lowest BCUT2D eigenvalue weighted by molar-refractivity contribution is -0.131. The molecule has 1 aromatic carbocycles. The van der Waals surface area contributed by atoms with Gasteiger partial charge in [-0.2, -0.15) is 0 Å². The molecule has 2 aromatic heterocycles. The van der Waals surface area contributed by atoms with E-state index in [9.17, 15) is 22.8 Å². The Bertz CT molecular complexity index is 2080. The van der Waals surface area contributed by atoms with E-state index in [0.717, 1.165) is 31.4 Å². The van der Waals surface area contributed by atoms with Gasteiger partial charge in [-0.3, -0.25) is 14.3 Å². The maximum Gasteiger partial charge on any atom is 0.318 e. The molecule has 3 aromatic rings. The number of urea groups is 1. The van der Waals surface area contributed by atoms with Crippen LogP contribution in [0.4, 0.5) is 4.79 Å². The molecular weight excluding hydrogens is 738 g/mol. The van der Waals surface area contributed by atoms with Gasteiger partial charge in [-0.15, -0.1) is 11.3 Å². The Balaban J connectivity index is 1.20. The number of allylic oxidation sites excluding steroid dienone is 2. The minimum Gasteiger partial charge on any atom is -0.495 e. The van der Waals surface area contributed by atoms with E-state index >= 15 is 0 Å². The summed E-state index contributed by atoms with van der Waals surface area (Å²) in [5.74, 6) is -0.0786. The van der Waals surface area contributed by atoms with Crippen molar-refractivity contribution in [2.24, 2.45) is 11.3 Å². The average Bonchev–Trinajstić information content (AvgIpc) is 3.89. The number of nitrogens with one attached hydrogen (secondary N) is 2. The van der Waals surface area contributed by atoms with Crippen LogP contribution in [0.3, 0.4) is 0 Å². The Hall–Kier alpha value is -3.75. The predicted octanol–water partition coefficient (Wildman–Crippen LogP) is 6.77. The zero-order valence-electron chi connectivity index (χ0n) is 30.4. The first-order valence-corrected chi connectivity index (χ1v) is 21.1. The molecule has 2 saturated carbocycles. The molecule has 4 atom stereocenters. The second-order valence-electron chi connectivity index (χ2n) is 15.4. The number of halogens is 1. The van der Waals surface area contributed by atoms with Gasteiger partial charge in [0.25, 0.3) is 0 Å². The minimum atomic E-state index is -3.91. The number of hydrogen-bond donors (Lipinski definition) is 2. The highest BCUT2D eigenvalue weighted by Crippen LogP contribution is 2.57. The summed E-state index contributed by atoms with van der Waals surface area (Å²) in [5.41, 5.74) is 0.770. The fourth-order valence-corrected chi connectivity index (χ4v) is 9.86. The number of benzene rings is 1. The predicted molar refractivity (Wildman–Crippen MR) is 204 cm³/mol. The monoisotopic (exact) mass is 783 g/mol. The molecule has 2 N–H and O–H groups in total. The van der Waals surface area contributed by atoms with Gasteiger partial charge in [0.15, 0.2) is 5.78 Å². The average molecular weight is 784 g/mol. The molecule has 7 rings (SSSR count). The molecule has 1 unspecified atom stereocenters. The van der Waals surface area contributed by atoms with E-state index in [1.165, 1.54) is 23.3 Å². The second-order valence-corrected chi connectivity index (χ2v) is 18.8. The van der Waals surface area contributed by atoms with Crippen molar-refractivity contribution in [3.05, 3.63) is 46.4 Å². The number of fused-ring (bicyclic) bond motifs is 3. The molecular formula is C38H46ClN5O7S2. The summed E-state index contributed by atoms with van der Waals surface area (Å²) in [6.07, 6.45) is 8.08. The zero-order chi connectivity index (χ0) is 37.7. The molecule has 284 valence electrons. The SMILES string of the molecule is COc1ccc2c(O[C@@H]3C[C@H]4C(=O)C[C@]5(C(=O)NS(=O)(=O)C6(C)CC6)CC5/C=C\CCCCCNC(=O)N4C3)cc(-c3nc(C(C)C)cs3)nc2c1Cl. The summed E-state index contributed by atoms with van der Waals surface area (Å²) >= 11 is 8.26. The number of pyridine rings is 1. The van der Waals surface area contributed by atoms with Crippen LogP contribution >= 0.6 is 22.9 Å². The topological polar surface area (TPSA) is 157 Å². The van der Waals surface area contributed by atoms with Crippen LogP contribution in [-0.4, -0.2) is 78.1 Å². The van der Waals surface area contributed by atoms with Gasteiger partial charge in [-0.1, -0.05) is 44.0 Å². The van der Waals surface area contributed by atoms with E-state index in [2.05, 4.69) is 23.9 Å². The van der Waals surface area contributed by atoms with Crippen LogP contribution in [0.15, 0.2) is 35.7 Å². The van der Waals surface area contributed by atoms with E-state index in [1.54, 1.807) is 13.0 Å². The van der Waals surface area contributed by atoms with Crippen molar-refractivity contribution < 1.29 is 32.3 Å². The number of thiazole rings is 1. The first-order valence-electron chi connectivity index (χ1n) is 18.4. The molecule has 4 heterocycles. The van der Waals surface area contributed by atoms with E-state index in [1.807, 2.05) is 29.7 Å². The smallest absolute Gasteiger partial charge is 0.318 e. The van der Waals surface area contributed by atoms with Crippen molar-refractivity contribution in [3.8, 4) is 22.2 Å². The van der Waals surface area contributed by atoms with Gasteiger partial charge in [0.1, 0.15) is 33.3 Å². The molecule has 1 saturated heterocycles. The van der Waals surface area contributed by atoms with Gasteiger partial charge in [0.05, 0.1) is 41.1 Å². The number of Topliss-reactive ketones (excluding diaryl/α,β-unsaturated/α-hetero) is 1. The summed E-state index contributed by atoms with van der Waals surface area (Å²) in [6.45, 7) is 6.35. The lowest BCUT2D eigenvalue weighted by Crippen LogP contribution is -2.48. The molecule has 3 fully saturated rings. The van der Waals surface area contributed by atoms with E-state index in [0.29, 0.717) is 63.9 Å². The number of amides is 3. The fraction of sp³-hybridized carbons (Fsp3) is 0.553. The van der Waals surface area contributed by atoms with Crippen molar-refractivity contribution in [1.82, 2.24) is 24.9 Å². The van der Waals surface area contributed by atoms with Crippen LogP contribution in [-0.2, 0) is 19.6 Å². The lowest BCUT2D eigenvalue weighted by atomic mass is 9.91. The zero-order valence-corrected chi connectivity index (χ0v) is 32.8. The summed E-state index contributed by atoms with van der Waals surface area (Å²) in [4.78, 5) is 53.0. The lowest BCUT2D eigenvalue weighted by Gasteiger charge is -2.25. The first kappa shape index (κ1) is 37.6. The van der Waals surface area contributed by atoms with Crippen molar-refractivity contribution in [3.63, 3.8) is 0 Å². The third-order valence-corrected chi connectivity index (χ3v) is 14.6. The maximum atomic E-state index is 14.3. The molecule has 2 aliphatic carbocycles. The number of hydrogen-bond acceptors (Lipinski definition) is 10. The third-order valence-electron chi connectivity index (χ3n) is 11.2. The number of rotatable bonds is 8. The van der Waals surface area contributed by atoms with Crippen LogP contribution < -0.4 is 19.5 Å². The van der Waals surface area contributed by atoms with Crippen molar-refractivity contribution in [2.75, 3.05) is 20.2 Å². The van der Waals surface area contributed by atoms with Gasteiger partial charge in [0, 0.05) is 36.2 Å². The Morgan fingerprint density at radius 2 is 1.94 bits per heavy atom. The normalized spacial score (nSPS) is 26.5. The van der Waals surface area contributed by atoms with Gasteiger partial charge >= 0.3 is 6.03 Å². The standard InChI is InChI=1S/C38H46ClN5O7S2/c1-22(2)27-21-52-34(42-27)26-17-31(25-11-12-30(50-4)32(39)33(25)41-26)51-24-16-28-29(45)19-38(35(46)43-53(48,49)37(3)13-14-37)18-23(38)10-8-6-5-7-9-15-40-36(47)44(28)20-24/h8,10-12,17,21-24,28H,5-7,9,13-16,18-20H2,1-4H3,(H,40,47)(H,43,46)/b10-8-/t23?,24-,28+,38-/m1/s1. The largest absolute Gasteiger partial charge is 0.495 e. The van der Waals surface area contributed by atoms with Crippen molar-refractivity contribution in [2.45, 2.75) is 101 Å². The molecule has 2 aliphatic heterocycles. The van der Waals surface area contributed by atoms with Gasteiger partial charge < -0.3 is 19.7 Å². The van der Waals surface area contributed by atoms with E-state index < -0.39 is 38.2 Å². The Morgan fingerprint density at radius 1 is 1.15 bits per heavy atom. The number of carbonyl (C=O) groups excluding carboxylic acids is 3. The number of ether oxygens (including phenoxy) is 2. The number of carbonyl (C=O) groups is 3. The van der Waals surface area contributed by atoms with Crippen molar-refractivity contribution >= 4 is 61.6 Å². The number of aromatic nitrogens is 2. The molecule has 12 nitrogen and oxygen atoms in total. The molecule has 3 amide bonds. The van der Waals surface area contributed by atoms with Crippen molar-refractivity contribution in [1.29, 1.82) is 0 Å². The Morgan fingerprint density at radius 3 is 2.66 bits per heavy atom. The number of nitrogens with zero attached hydrogens (tertiary/aromatic N) is 3. The molecule has 0 radical (unpaired) electrons. The van der Waals surface area contributed by atoms with Gasteiger partial charge in [0.2, 0.25) is 15.9 Å². The summed E-state index contributed by atoms with van der Waals surface area (Å²) < 4.78 is 39.8. The van der Waals surface area contributed by atoms with Crippen LogP contribution in [0, 0.1) is 11.3 Å². The maximum absolute atomic E-state index is 14.3. The highest BCUT2D eigenvalue weighted by molar-refractivity contribution is 7.91. The van der Waals surface area contributed by atoms with Crippen LogP contribution in [0.5, 0.6) is 11.5 Å². The highest BCUT2D eigenvalue weighted by atomic mass is 35.5. The summed E-state index contributed by atoms with van der Waals surface area (Å²) in [7, 11) is -2.37. The van der Waals surface area contributed by atoms with Gasteiger partial charge in [-0.25, -0.2) is 23.2 Å². The number of ketones is 1. The highest BCUT2D eigenvalue weighted by Gasteiger charge is 2.62. The molecule has 53 heavy (non-hydrogen) atoms. The Labute approximate surface area is 319 Å². The third kappa shape index (κ3) is 7.38. The van der Waals surface area contributed by atoms with Gasteiger partial charge in [-0.05, 0) is 69.4 Å². The molecule has 15 heteroatoms. The quantitative estimate of drug-likeness (QED) is 0.236. The summed E-state index contributed by atoms with van der Waals surface area (Å²) in [5, 5.41) is 6.63. The first-order chi connectivity index (χ1) is 25.2.